The van der Waals surface area contributed by atoms with Crippen molar-refractivity contribution in [1.29, 1.82) is 0 Å². The number of pyridine rings is 2. The molecule has 0 spiro atoms. The molecule has 0 unspecified atom stereocenters. The third-order valence-corrected chi connectivity index (χ3v) is 10.9. The summed E-state index contributed by atoms with van der Waals surface area (Å²) < 4.78 is 6.54. The maximum absolute atomic E-state index is 6.54. The summed E-state index contributed by atoms with van der Waals surface area (Å²) in [7, 11) is 0. The topological polar surface area (TPSA) is 38.9 Å². The second-order valence-electron chi connectivity index (χ2n) is 14.1. The first-order valence-electron chi connectivity index (χ1n) is 18.6. The molecule has 0 saturated carbocycles. The minimum atomic E-state index is 0.918. The van der Waals surface area contributed by atoms with Crippen LogP contribution in [0.3, 0.4) is 0 Å². The van der Waals surface area contributed by atoms with Gasteiger partial charge in [-0.1, -0.05) is 146 Å². The number of nitrogens with zero attached hydrogens (tertiary/aromatic N) is 2. The van der Waals surface area contributed by atoms with Crippen LogP contribution in [0.4, 0.5) is 0 Å². The molecular formula is C52H32N2O. The highest BCUT2D eigenvalue weighted by molar-refractivity contribution is 6.32. The predicted molar refractivity (Wildman–Crippen MR) is 229 cm³/mol. The van der Waals surface area contributed by atoms with Gasteiger partial charge in [-0.05, 0) is 91.6 Å². The van der Waals surface area contributed by atoms with Gasteiger partial charge in [-0.3, -0.25) is 4.98 Å². The van der Waals surface area contributed by atoms with Crippen molar-refractivity contribution in [1.82, 2.24) is 9.97 Å². The van der Waals surface area contributed by atoms with Crippen LogP contribution in [0.1, 0.15) is 0 Å². The Balaban J connectivity index is 1.00. The maximum atomic E-state index is 6.54. The van der Waals surface area contributed by atoms with Gasteiger partial charge in [-0.2, -0.15) is 0 Å². The van der Waals surface area contributed by atoms with E-state index in [1.165, 1.54) is 37.9 Å². The van der Waals surface area contributed by atoms with Crippen LogP contribution in [-0.4, -0.2) is 9.97 Å². The molecule has 0 saturated heterocycles. The summed E-state index contributed by atoms with van der Waals surface area (Å²) in [6.45, 7) is 0. The molecule has 11 aromatic rings. The average molecular weight is 701 g/mol. The molecule has 0 radical (unpaired) electrons. The number of hydrogen-bond acceptors (Lipinski definition) is 3. The van der Waals surface area contributed by atoms with Crippen LogP contribution in [0.5, 0.6) is 0 Å². The molecule has 0 amide bonds. The maximum Gasteiger partial charge on any atom is 0.143 e. The summed E-state index contributed by atoms with van der Waals surface area (Å²) in [5.41, 5.74) is 12.5. The minimum Gasteiger partial charge on any atom is -0.455 e. The normalized spacial score (nSPS) is 11.6. The number of fused-ring (bicyclic) bond motifs is 10. The molecule has 3 nitrogen and oxygen atoms in total. The van der Waals surface area contributed by atoms with Crippen LogP contribution in [0.25, 0.3) is 110 Å². The third kappa shape index (κ3) is 5.28. The Hall–Kier alpha value is -7.36. The Morgan fingerprint density at radius 2 is 0.836 bits per heavy atom. The molecule has 0 atom stereocenters. The lowest BCUT2D eigenvalue weighted by molar-refractivity contribution is 0.673. The molecule has 0 aliphatic rings. The molecule has 0 aliphatic carbocycles. The summed E-state index contributed by atoms with van der Waals surface area (Å²) in [5, 5.41) is 9.55. The summed E-state index contributed by atoms with van der Waals surface area (Å²) in [5.74, 6) is 0. The third-order valence-electron chi connectivity index (χ3n) is 10.9. The van der Waals surface area contributed by atoms with Crippen LogP contribution in [0.15, 0.2) is 199 Å². The van der Waals surface area contributed by atoms with Gasteiger partial charge >= 0.3 is 0 Å². The van der Waals surface area contributed by atoms with Gasteiger partial charge in [0.2, 0.25) is 0 Å². The molecule has 256 valence electrons. The van der Waals surface area contributed by atoms with E-state index >= 15 is 0 Å². The number of hydrogen-bond donors (Lipinski definition) is 0. The van der Waals surface area contributed by atoms with Crippen LogP contribution < -0.4 is 0 Å². The Morgan fingerprint density at radius 1 is 0.309 bits per heavy atom. The van der Waals surface area contributed by atoms with Gasteiger partial charge in [0.25, 0.3) is 0 Å². The molecule has 0 aliphatic heterocycles. The minimum absolute atomic E-state index is 0.918. The summed E-state index contributed by atoms with van der Waals surface area (Å²) >= 11 is 0. The van der Waals surface area contributed by atoms with E-state index in [0.29, 0.717) is 0 Å². The zero-order valence-corrected chi connectivity index (χ0v) is 29.8. The van der Waals surface area contributed by atoms with Crippen molar-refractivity contribution in [2.75, 3.05) is 0 Å². The molecule has 3 heterocycles. The van der Waals surface area contributed by atoms with E-state index in [9.17, 15) is 0 Å². The smallest absolute Gasteiger partial charge is 0.143 e. The molecule has 11 rings (SSSR count). The molecule has 0 bridgehead atoms. The van der Waals surface area contributed by atoms with Crippen molar-refractivity contribution < 1.29 is 4.42 Å². The average Bonchev–Trinajstić information content (AvgIpc) is 3.66. The molecular weight excluding hydrogens is 669 g/mol. The molecule has 3 heteroatoms. The van der Waals surface area contributed by atoms with Crippen molar-refractivity contribution >= 4 is 54.3 Å². The molecule has 55 heavy (non-hydrogen) atoms. The van der Waals surface area contributed by atoms with E-state index in [2.05, 4.69) is 169 Å². The van der Waals surface area contributed by atoms with E-state index in [-0.39, 0.29) is 0 Å². The second kappa shape index (κ2) is 12.6. The van der Waals surface area contributed by atoms with Crippen molar-refractivity contribution in [3.63, 3.8) is 0 Å². The Labute approximate surface area is 317 Å². The number of rotatable bonds is 5. The zero-order valence-electron chi connectivity index (χ0n) is 29.8. The van der Waals surface area contributed by atoms with Gasteiger partial charge in [0.05, 0.1) is 17.1 Å². The fourth-order valence-electron chi connectivity index (χ4n) is 8.20. The van der Waals surface area contributed by atoms with Gasteiger partial charge in [0.15, 0.2) is 0 Å². The fourth-order valence-corrected chi connectivity index (χ4v) is 8.20. The SMILES string of the molecule is c1ccc(-c2cc(-c3ccc(-c4ccc5c(c4)c4ccccc4c4c5ccc5c6ccccc6oc54)cc3)nc(-c3ccc(-c4ccccn4)cc3)c2)cc1. The highest BCUT2D eigenvalue weighted by Crippen LogP contribution is 2.43. The van der Waals surface area contributed by atoms with E-state index in [1.807, 2.05) is 30.5 Å². The first kappa shape index (κ1) is 31.2. The van der Waals surface area contributed by atoms with Gasteiger partial charge < -0.3 is 4.42 Å². The Bertz CT molecular complexity index is 3200. The van der Waals surface area contributed by atoms with E-state index in [4.69, 9.17) is 9.40 Å². The zero-order chi connectivity index (χ0) is 36.3. The van der Waals surface area contributed by atoms with Crippen molar-refractivity contribution in [2.45, 2.75) is 0 Å². The molecule has 8 aromatic carbocycles. The standard InChI is InChI=1S/C52H32N2O/c1-2-10-33(11-3-1)39-31-48(54-49(32-39)37-23-21-35(22-24-37)47-15-8-9-29-53-47)36-19-17-34(18-20-36)38-25-26-41-44-27-28-45-42-13-6-7-16-50(42)55-52(45)51(44)43-14-5-4-12-40(43)46(41)30-38/h1-32H. The van der Waals surface area contributed by atoms with Crippen molar-refractivity contribution in [3.8, 4) is 56.0 Å². The van der Waals surface area contributed by atoms with Crippen LogP contribution >= 0.6 is 0 Å². The molecule has 0 N–H and O–H groups in total. The van der Waals surface area contributed by atoms with Gasteiger partial charge in [0.1, 0.15) is 11.2 Å². The van der Waals surface area contributed by atoms with Crippen LogP contribution in [0, 0.1) is 0 Å². The van der Waals surface area contributed by atoms with Crippen LogP contribution in [-0.2, 0) is 0 Å². The summed E-state index contributed by atoms with van der Waals surface area (Å²) in [4.78, 5) is 9.75. The Morgan fingerprint density at radius 3 is 1.56 bits per heavy atom. The molecule has 3 aromatic heterocycles. The summed E-state index contributed by atoms with van der Waals surface area (Å²) in [6, 6.07) is 66.6. The Kier molecular flexibility index (Phi) is 7.17. The van der Waals surface area contributed by atoms with Gasteiger partial charge in [-0.25, -0.2) is 4.98 Å². The number of para-hydroxylation sites is 1. The quantitative estimate of drug-likeness (QED) is 0.168. The monoisotopic (exact) mass is 700 g/mol. The van der Waals surface area contributed by atoms with Gasteiger partial charge in [-0.15, -0.1) is 0 Å². The van der Waals surface area contributed by atoms with Crippen LogP contribution in [0.2, 0.25) is 0 Å². The lowest BCUT2D eigenvalue weighted by Crippen LogP contribution is -1.92. The first-order chi connectivity index (χ1) is 27.2. The van der Waals surface area contributed by atoms with Crippen molar-refractivity contribution in [2.24, 2.45) is 0 Å². The number of furan rings is 1. The second-order valence-corrected chi connectivity index (χ2v) is 14.1. The lowest BCUT2D eigenvalue weighted by Gasteiger charge is -2.13. The number of benzene rings is 8. The van der Waals surface area contributed by atoms with Gasteiger partial charge in [0, 0.05) is 39.0 Å². The van der Waals surface area contributed by atoms with E-state index in [1.54, 1.807) is 0 Å². The highest BCUT2D eigenvalue weighted by atomic mass is 16.3. The lowest BCUT2D eigenvalue weighted by atomic mass is 9.91. The number of aromatic nitrogens is 2. The molecule has 0 fully saturated rings. The van der Waals surface area contributed by atoms with Crippen molar-refractivity contribution in [3.05, 3.63) is 194 Å². The fraction of sp³-hybridized carbons (Fsp3) is 0. The first-order valence-corrected chi connectivity index (χ1v) is 18.6. The predicted octanol–water partition coefficient (Wildman–Crippen LogP) is 14.2. The summed E-state index contributed by atoms with van der Waals surface area (Å²) in [6.07, 6.45) is 1.83. The van der Waals surface area contributed by atoms with E-state index < -0.39 is 0 Å². The van der Waals surface area contributed by atoms with E-state index in [0.717, 1.165) is 72.4 Å². The largest absolute Gasteiger partial charge is 0.455 e. The highest BCUT2D eigenvalue weighted by Gasteiger charge is 2.17.